The second kappa shape index (κ2) is 9.80. The van der Waals surface area contributed by atoms with Crippen LogP contribution in [0.3, 0.4) is 0 Å². The summed E-state index contributed by atoms with van der Waals surface area (Å²) in [7, 11) is 0. The van der Waals surface area contributed by atoms with Crippen molar-refractivity contribution in [2.24, 2.45) is 5.92 Å². The second-order valence-electron chi connectivity index (χ2n) is 5.81. The Bertz CT molecular complexity index is 369. The predicted molar refractivity (Wildman–Crippen MR) is 86.8 cm³/mol. The van der Waals surface area contributed by atoms with Gasteiger partial charge in [-0.25, -0.2) is 0 Å². The number of benzene rings is 1. The van der Waals surface area contributed by atoms with E-state index in [2.05, 4.69) is 12.2 Å². The van der Waals surface area contributed by atoms with Gasteiger partial charge < -0.3 is 14.8 Å². The van der Waals surface area contributed by atoms with E-state index in [0.717, 1.165) is 24.8 Å². The van der Waals surface area contributed by atoms with E-state index in [-0.39, 0.29) is 0 Å². The maximum absolute atomic E-state index is 5.72. The zero-order valence-corrected chi connectivity index (χ0v) is 13.2. The van der Waals surface area contributed by atoms with Crippen molar-refractivity contribution in [2.45, 2.75) is 45.1 Å². The molecule has 1 fully saturated rings. The molecule has 0 spiro atoms. The average molecular weight is 291 g/mol. The molecule has 118 valence electrons. The summed E-state index contributed by atoms with van der Waals surface area (Å²) >= 11 is 0. The fraction of sp³-hybridized carbons (Fsp3) is 0.667. The van der Waals surface area contributed by atoms with E-state index >= 15 is 0 Å². The molecule has 0 amide bonds. The summed E-state index contributed by atoms with van der Waals surface area (Å²) < 4.78 is 11.3. The average Bonchev–Trinajstić information content (AvgIpc) is 2.97. The highest BCUT2D eigenvalue weighted by Crippen LogP contribution is 2.28. The lowest BCUT2D eigenvalue weighted by atomic mass is 10.00. The van der Waals surface area contributed by atoms with Crippen LogP contribution in [0.4, 0.5) is 0 Å². The van der Waals surface area contributed by atoms with Crippen molar-refractivity contribution >= 4 is 0 Å². The first kappa shape index (κ1) is 16.3. The third-order valence-electron chi connectivity index (χ3n) is 4.19. The number of hydrogen-bond donors (Lipinski definition) is 1. The van der Waals surface area contributed by atoms with E-state index in [9.17, 15) is 0 Å². The third-order valence-corrected chi connectivity index (χ3v) is 4.19. The van der Waals surface area contributed by atoms with Crippen LogP contribution in [-0.2, 0) is 4.74 Å². The Morgan fingerprint density at radius 2 is 1.95 bits per heavy atom. The van der Waals surface area contributed by atoms with Gasteiger partial charge in [0.25, 0.3) is 0 Å². The van der Waals surface area contributed by atoms with Crippen LogP contribution >= 0.6 is 0 Å². The Hall–Kier alpha value is -1.06. The molecule has 2 rings (SSSR count). The molecule has 0 heterocycles. The largest absolute Gasteiger partial charge is 0.491 e. The minimum atomic E-state index is 0.631. The molecular formula is C18H29NO2. The van der Waals surface area contributed by atoms with Crippen LogP contribution in [0.5, 0.6) is 5.75 Å². The van der Waals surface area contributed by atoms with Crippen LogP contribution in [-0.4, -0.2) is 32.4 Å². The van der Waals surface area contributed by atoms with Crippen molar-refractivity contribution < 1.29 is 9.47 Å². The zero-order chi connectivity index (χ0) is 14.8. The first-order valence-corrected chi connectivity index (χ1v) is 8.39. The Balaban J connectivity index is 1.51. The number of para-hydroxylation sites is 1. The van der Waals surface area contributed by atoms with E-state index in [0.29, 0.717) is 19.3 Å². The van der Waals surface area contributed by atoms with Gasteiger partial charge in [0.05, 0.1) is 6.61 Å². The molecule has 3 heteroatoms. The number of rotatable bonds is 10. The molecule has 0 saturated heterocycles. The number of hydrogen-bond acceptors (Lipinski definition) is 3. The van der Waals surface area contributed by atoms with E-state index in [1.165, 1.54) is 32.1 Å². The van der Waals surface area contributed by atoms with E-state index in [1.54, 1.807) is 0 Å². The molecule has 0 aliphatic heterocycles. The Morgan fingerprint density at radius 3 is 2.76 bits per heavy atom. The molecule has 2 unspecified atom stereocenters. The van der Waals surface area contributed by atoms with Crippen molar-refractivity contribution in [1.29, 1.82) is 0 Å². The van der Waals surface area contributed by atoms with Gasteiger partial charge in [0.2, 0.25) is 0 Å². The molecule has 1 aliphatic rings. The first-order valence-electron chi connectivity index (χ1n) is 8.39. The standard InChI is InChI=1S/C18H29NO2/c1-2-12-19-18-10-6-7-16(18)11-13-20-14-15-21-17-8-4-3-5-9-17/h3-5,8-9,16,18-19H,2,6-7,10-15H2,1H3. The van der Waals surface area contributed by atoms with Crippen molar-refractivity contribution in [2.75, 3.05) is 26.4 Å². The summed E-state index contributed by atoms with van der Waals surface area (Å²) in [5.74, 6) is 1.72. The molecule has 2 atom stereocenters. The fourth-order valence-corrected chi connectivity index (χ4v) is 3.05. The highest BCUT2D eigenvalue weighted by atomic mass is 16.5. The van der Waals surface area contributed by atoms with Crippen molar-refractivity contribution in [3.63, 3.8) is 0 Å². The summed E-state index contributed by atoms with van der Waals surface area (Å²) in [5.41, 5.74) is 0. The molecule has 1 aromatic carbocycles. The maximum atomic E-state index is 5.72. The zero-order valence-electron chi connectivity index (χ0n) is 13.2. The molecule has 21 heavy (non-hydrogen) atoms. The lowest BCUT2D eigenvalue weighted by Crippen LogP contribution is -2.33. The highest BCUT2D eigenvalue weighted by Gasteiger charge is 2.25. The molecule has 1 aliphatic carbocycles. The van der Waals surface area contributed by atoms with Gasteiger partial charge in [0.1, 0.15) is 12.4 Å². The highest BCUT2D eigenvalue weighted by molar-refractivity contribution is 5.20. The van der Waals surface area contributed by atoms with Gasteiger partial charge in [-0.05, 0) is 50.3 Å². The van der Waals surface area contributed by atoms with Gasteiger partial charge in [0, 0.05) is 12.6 Å². The van der Waals surface area contributed by atoms with Crippen LogP contribution in [0.1, 0.15) is 39.0 Å². The predicted octanol–water partition coefficient (Wildman–Crippen LogP) is 3.64. The third kappa shape index (κ3) is 6.06. The molecule has 3 nitrogen and oxygen atoms in total. The van der Waals surface area contributed by atoms with Gasteiger partial charge in [-0.15, -0.1) is 0 Å². The summed E-state index contributed by atoms with van der Waals surface area (Å²) in [6, 6.07) is 10.6. The molecule has 0 bridgehead atoms. The smallest absolute Gasteiger partial charge is 0.119 e. The minimum Gasteiger partial charge on any atom is -0.491 e. The SMILES string of the molecule is CCCNC1CCCC1CCOCCOc1ccccc1. The van der Waals surface area contributed by atoms with E-state index in [4.69, 9.17) is 9.47 Å². The van der Waals surface area contributed by atoms with Crippen LogP contribution in [0.2, 0.25) is 0 Å². The quantitative estimate of drug-likeness (QED) is 0.668. The van der Waals surface area contributed by atoms with Crippen LogP contribution in [0, 0.1) is 5.92 Å². The van der Waals surface area contributed by atoms with Crippen molar-refractivity contribution in [3.05, 3.63) is 30.3 Å². The summed E-state index contributed by atoms with van der Waals surface area (Å²) in [4.78, 5) is 0. The Morgan fingerprint density at radius 1 is 1.10 bits per heavy atom. The lowest BCUT2D eigenvalue weighted by Gasteiger charge is -2.20. The van der Waals surface area contributed by atoms with Gasteiger partial charge in [-0.3, -0.25) is 0 Å². The number of ether oxygens (including phenoxy) is 2. The lowest BCUT2D eigenvalue weighted by molar-refractivity contribution is 0.0880. The minimum absolute atomic E-state index is 0.631. The monoisotopic (exact) mass is 291 g/mol. The molecule has 1 aromatic rings. The Kier molecular flexibility index (Phi) is 7.61. The van der Waals surface area contributed by atoms with Crippen molar-refractivity contribution in [3.8, 4) is 5.75 Å². The summed E-state index contributed by atoms with van der Waals surface area (Å²) in [6.45, 7) is 5.54. The number of nitrogens with one attached hydrogen (secondary N) is 1. The Labute approximate surface area is 129 Å². The van der Waals surface area contributed by atoms with E-state index < -0.39 is 0 Å². The van der Waals surface area contributed by atoms with E-state index in [1.807, 2.05) is 30.3 Å². The first-order chi connectivity index (χ1) is 10.4. The topological polar surface area (TPSA) is 30.5 Å². The second-order valence-corrected chi connectivity index (χ2v) is 5.81. The molecule has 1 N–H and O–H groups in total. The summed E-state index contributed by atoms with van der Waals surface area (Å²) in [6.07, 6.45) is 6.44. The fourth-order valence-electron chi connectivity index (χ4n) is 3.05. The molecule has 0 radical (unpaired) electrons. The maximum Gasteiger partial charge on any atom is 0.119 e. The van der Waals surface area contributed by atoms with Gasteiger partial charge in [-0.2, -0.15) is 0 Å². The van der Waals surface area contributed by atoms with Crippen molar-refractivity contribution in [1.82, 2.24) is 5.32 Å². The molecular weight excluding hydrogens is 262 g/mol. The summed E-state index contributed by atoms with van der Waals surface area (Å²) in [5, 5.41) is 3.67. The molecule has 0 aromatic heterocycles. The van der Waals surface area contributed by atoms with Crippen LogP contribution < -0.4 is 10.1 Å². The van der Waals surface area contributed by atoms with Crippen LogP contribution in [0.15, 0.2) is 30.3 Å². The van der Waals surface area contributed by atoms with Crippen LogP contribution in [0.25, 0.3) is 0 Å². The van der Waals surface area contributed by atoms with Gasteiger partial charge in [-0.1, -0.05) is 31.5 Å². The molecule has 1 saturated carbocycles. The van der Waals surface area contributed by atoms with Gasteiger partial charge in [0.15, 0.2) is 0 Å². The normalized spacial score (nSPS) is 21.6. The van der Waals surface area contributed by atoms with Gasteiger partial charge >= 0.3 is 0 Å².